The van der Waals surface area contributed by atoms with Crippen molar-refractivity contribution >= 4 is 28.6 Å². The van der Waals surface area contributed by atoms with E-state index >= 15 is 0 Å². The topological polar surface area (TPSA) is 97.6 Å². The summed E-state index contributed by atoms with van der Waals surface area (Å²) in [5.74, 6) is 0.354. The van der Waals surface area contributed by atoms with Crippen LogP contribution < -0.4 is 9.47 Å². The fourth-order valence-corrected chi connectivity index (χ4v) is 6.20. The average molecular weight is 588 g/mol. The van der Waals surface area contributed by atoms with Crippen LogP contribution >= 0.6 is 11.8 Å². The molecule has 42 heavy (non-hydrogen) atoms. The third-order valence-electron chi connectivity index (χ3n) is 7.08. The molecule has 2 aliphatic rings. The maximum atomic E-state index is 13.1. The number of aromatic carboxylic acids is 1. The van der Waals surface area contributed by atoms with E-state index in [4.69, 9.17) is 28.4 Å². The molecule has 216 valence electrons. The van der Waals surface area contributed by atoms with Crippen LogP contribution in [0.4, 0.5) is 0 Å². The smallest absolute Gasteiger partial charge is 0.353 e. The number of rotatable bonds is 11. The molecule has 0 radical (unpaired) electrons. The van der Waals surface area contributed by atoms with Gasteiger partial charge in [-0.3, -0.25) is 0 Å². The zero-order valence-corrected chi connectivity index (χ0v) is 23.8. The Morgan fingerprint density at radius 1 is 1.00 bits per heavy atom. The first-order valence-electron chi connectivity index (χ1n) is 13.3. The molecule has 10 heteroatoms. The first-order chi connectivity index (χ1) is 20.6. The van der Waals surface area contributed by atoms with Crippen molar-refractivity contribution in [3.63, 3.8) is 0 Å². The number of aromatic nitrogens is 1. The van der Waals surface area contributed by atoms with Crippen LogP contribution in [0.1, 0.15) is 27.7 Å². The van der Waals surface area contributed by atoms with Crippen LogP contribution in [-0.2, 0) is 31.8 Å². The predicted octanol–water partition coefficient (Wildman–Crippen LogP) is 6.49. The molecule has 0 spiro atoms. The fourth-order valence-electron chi connectivity index (χ4n) is 5.18. The van der Waals surface area contributed by atoms with Gasteiger partial charge in [0.15, 0.2) is 22.3 Å². The Morgan fingerprint density at radius 2 is 1.69 bits per heavy atom. The summed E-state index contributed by atoms with van der Waals surface area (Å²) >= 11 is 1.19. The number of allylic oxidation sites excluding steroid dienone is 1. The van der Waals surface area contributed by atoms with Gasteiger partial charge in [0.2, 0.25) is 13.1 Å². The lowest BCUT2D eigenvalue weighted by molar-refractivity contribution is -0.0235. The number of fused-ring (bicyclic) bond motifs is 1. The molecule has 1 N–H and O–H groups in total. The van der Waals surface area contributed by atoms with Crippen molar-refractivity contribution < 1.29 is 38.3 Å². The van der Waals surface area contributed by atoms with Gasteiger partial charge in [0.05, 0.1) is 30.7 Å². The third-order valence-corrected chi connectivity index (χ3v) is 8.09. The van der Waals surface area contributed by atoms with Crippen molar-refractivity contribution in [3.8, 4) is 11.5 Å². The SMILES string of the molecule is COc1cc2c(SC3=COC(Cc4ccccc4)O3)c(C(=O)O)n(C(Cc3ccccc3)C3=COCO3)c2cc1OC. The van der Waals surface area contributed by atoms with Crippen molar-refractivity contribution in [1.29, 1.82) is 0 Å². The number of carboxylic acids is 1. The Bertz CT molecular complexity index is 1650. The van der Waals surface area contributed by atoms with E-state index in [0.717, 1.165) is 11.1 Å². The molecule has 2 unspecified atom stereocenters. The molecule has 2 atom stereocenters. The van der Waals surface area contributed by atoms with Gasteiger partial charge in [0, 0.05) is 24.3 Å². The van der Waals surface area contributed by atoms with Gasteiger partial charge in [-0.25, -0.2) is 4.79 Å². The van der Waals surface area contributed by atoms with Gasteiger partial charge in [0.25, 0.3) is 0 Å². The maximum absolute atomic E-state index is 13.1. The van der Waals surface area contributed by atoms with E-state index in [1.54, 1.807) is 37.2 Å². The number of benzene rings is 3. The maximum Gasteiger partial charge on any atom is 0.353 e. The monoisotopic (exact) mass is 587 g/mol. The molecule has 3 aromatic carbocycles. The van der Waals surface area contributed by atoms with Gasteiger partial charge in [-0.2, -0.15) is 0 Å². The minimum atomic E-state index is -1.11. The Labute approximate surface area is 246 Å². The normalized spacial score (nSPS) is 16.5. The standard InChI is InChI=1S/C32H29NO8S/c1-36-25-15-22-23(16-26(25)37-2)33(24(27-17-38-19-40-27)13-20-9-5-3-6-10-20)30(32(34)35)31(22)42-29-18-39-28(41-29)14-21-11-7-4-8-12-21/h3-12,15-18,24,28H,13-14,19H2,1-2H3,(H,34,35). The Kier molecular flexibility index (Phi) is 7.87. The van der Waals surface area contributed by atoms with Crippen LogP contribution in [0.15, 0.2) is 101 Å². The Morgan fingerprint density at radius 3 is 2.33 bits per heavy atom. The molecule has 0 aliphatic carbocycles. The summed E-state index contributed by atoms with van der Waals surface area (Å²) in [5, 5.41) is 11.8. The van der Waals surface area contributed by atoms with E-state index in [-0.39, 0.29) is 12.5 Å². The molecule has 0 bridgehead atoms. The molecule has 0 amide bonds. The zero-order valence-electron chi connectivity index (χ0n) is 23.0. The second-order valence-electron chi connectivity index (χ2n) is 9.64. The summed E-state index contributed by atoms with van der Waals surface area (Å²) in [7, 11) is 3.09. The summed E-state index contributed by atoms with van der Waals surface area (Å²) in [5.41, 5.74) is 2.77. The molecule has 1 aromatic heterocycles. The summed E-state index contributed by atoms with van der Waals surface area (Å²) < 4.78 is 36.2. The number of nitrogens with zero attached hydrogens (tertiary/aromatic N) is 1. The number of hydrogen-bond acceptors (Lipinski definition) is 8. The van der Waals surface area contributed by atoms with Crippen LogP contribution in [-0.4, -0.2) is 42.9 Å². The lowest BCUT2D eigenvalue weighted by Crippen LogP contribution is -2.20. The quantitative estimate of drug-likeness (QED) is 0.211. The molecule has 4 aromatic rings. The van der Waals surface area contributed by atoms with Crippen LogP contribution in [0.5, 0.6) is 11.5 Å². The first-order valence-corrected chi connectivity index (χ1v) is 14.1. The highest BCUT2D eigenvalue weighted by molar-refractivity contribution is 8.03. The molecular weight excluding hydrogens is 558 g/mol. The summed E-state index contributed by atoms with van der Waals surface area (Å²) in [6, 6.07) is 22.8. The van der Waals surface area contributed by atoms with Crippen molar-refractivity contribution in [3.05, 3.63) is 113 Å². The number of methoxy groups -OCH3 is 2. The van der Waals surface area contributed by atoms with Crippen molar-refractivity contribution in [2.24, 2.45) is 0 Å². The molecule has 0 saturated carbocycles. The summed E-state index contributed by atoms with van der Waals surface area (Å²) in [4.78, 5) is 13.6. The summed E-state index contributed by atoms with van der Waals surface area (Å²) in [6.45, 7) is 0.0574. The lowest BCUT2D eigenvalue weighted by atomic mass is 10.0. The molecule has 3 heterocycles. The van der Waals surface area contributed by atoms with E-state index in [2.05, 4.69) is 0 Å². The fraction of sp³-hybridized carbons (Fsp3) is 0.219. The lowest BCUT2D eigenvalue weighted by Gasteiger charge is -2.22. The van der Waals surface area contributed by atoms with Gasteiger partial charge in [-0.15, -0.1) is 0 Å². The average Bonchev–Trinajstić information content (AvgIpc) is 3.77. The third kappa shape index (κ3) is 5.45. The largest absolute Gasteiger partial charge is 0.493 e. The molecule has 6 rings (SSSR count). The van der Waals surface area contributed by atoms with Crippen molar-refractivity contribution in [2.75, 3.05) is 21.0 Å². The van der Waals surface area contributed by atoms with Crippen LogP contribution in [0, 0.1) is 0 Å². The Hall–Kier alpha value is -4.70. The van der Waals surface area contributed by atoms with Gasteiger partial charge in [0.1, 0.15) is 18.2 Å². The minimum Gasteiger partial charge on any atom is -0.493 e. The number of thioether (sulfide) groups is 1. The van der Waals surface area contributed by atoms with E-state index in [1.807, 2.05) is 60.7 Å². The first kappa shape index (κ1) is 27.5. The number of ether oxygens (including phenoxy) is 6. The molecule has 9 nitrogen and oxygen atoms in total. The van der Waals surface area contributed by atoms with E-state index < -0.39 is 18.3 Å². The highest BCUT2D eigenvalue weighted by Crippen LogP contribution is 2.46. The second-order valence-corrected chi connectivity index (χ2v) is 10.7. The van der Waals surface area contributed by atoms with Gasteiger partial charge in [-0.05, 0) is 29.0 Å². The minimum absolute atomic E-state index is 0.0574. The van der Waals surface area contributed by atoms with E-state index in [1.165, 1.54) is 18.0 Å². The van der Waals surface area contributed by atoms with Gasteiger partial charge >= 0.3 is 5.97 Å². The molecule has 0 fully saturated rings. The highest BCUT2D eigenvalue weighted by Gasteiger charge is 2.34. The van der Waals surface area contributed by atoms with Crippen LogP contribution in [0.2, 0.25) is 0 Å². The zero-order chi connectivity index (χ0) is 29.1. The van der Waals surface area contributed by atoms with Gasteiger partial charge < -0.3 is 38.1 Å². The van der Waals surface area contributed by atoms with E-state index in [0.29, 0.717) is 51.0 Å². The number of carboxylic acid groups (broad SMARTS) is 1. The number of hydrogen-bond donors (Lipinski definition) is 1. The summed E-state index contributed by atoms with van der Waals surface area (Å²) in [6.07, 6.45) is 3.56. The predicted molar refractivity (Wildman–Crippen MR) is 156 cm³/mol. The van der Waals surface area contributed by atoms with E-state index in [9.17, 15) is 9.90 Å². The van der Waals surface area contributed by atoms with Crippen molar-refractivity contribution in [2.45, 2.75) is 30.1 Å². The molecular formula is C32H29NO8S. The highest BCUT2D eigenvalue weighted by atomic mass is 32.2. The van der Waals surface area contributed by atoms with Crippen LogP contribution in [0.3, 0.4) is 0 Å². The molecule has 0 saturated heterocycles. The van der Waals surface area contributed by atoms with Crippen molar-refractivity contribution in [1.82, 2.24) is 4.57 Å². The second kappa shape index (κ2) is 12.0. The Balaban J connectivity index is 1.46. The van der Waals surface area contributed by atoms with Gasteiger partial charge in [-0.1, -0.05) is 60.7 Å². The number of carbonyl (C=O) groups is 1. The van der Waals surface area contributed by atoms with Crippen LogP contribution in [0.25, 0.3) is 10.9 Å². The molecule has 2 aliphatic heterocycles.